The van der Waals surface area contributed by atoms with E-state index in [0.29, 0.717) is 0 Å². The van der Waals surface area contributed by atoms with E-state index in [9.17, 15) is 28.0 Å². The van der Waals surface area contributed by atoms with Gasteiger partial charge in [-0.2, -0.15) is 8.78 Å². The molecule has 0 unspecified atom stereocenters. The van der Waals surface area contributed by atoms with Crippen LogP contribution in [-0.4, -0.2) is 50.2 Å². The van der Waals surface area contributed by atoms with Crippen molar-refractivity contribution in [3.05, 3.63) is 45.8 Å². The SMILES string of the molecule is CCOC(=O)c1sc(NC(=O)COC(=O)c2cccc(OC(F)F)c2)c(C(=O)OCC)c1C. The van der Waals surface area contributed by atoms with Crippen LogP contribution >= 0.6 is 11.3 Å². The first-order chi connectivity index (χ1) is 15.7. The Hall–Kier alpha value is -3.54. The topological polar surface area (TPSA) is 117 Å². The van der Waals surface area contributed by atoms with E-state index in [-0.39, 0.29) is 45.5 Å². The van der Waals surface area contributed by atoms with Gasteiger partial charge in [-0.05, 0) is 44.5 Å². The summed E-state index contributed by atoms with van der Waals surface area (Å²) < 4.78 is 43.7. The number of thiophene rings is 1. The number of alkyl halides is 2. The van der Waals surface area contributed by atoms with Gasteiger partial charge in [0.25, 0.3) is 5.91 Å². The average molecular weight is 485 g/mol. The summed E-state index contributed by atoms with van der Waals surface area (Å²) in [6.45, 7) is 1.12. The van der Waals surface area contributed by atoms with Crippen molar-refractivity contribution in [1.29, 1.82) is 0 Å². The number of carbonyl (C=O) groups excluding carboxylic acids is 4. The Morgan fingerprint density at radius 2 is 1.67 bits per heavy atom. The third kappa shape index (κ3) is 6.97. The van der Waals surface area contributed by atoms with Gasteiger partial charge in [0.1, 0.15) is 15.6 Å². The fourth-order valence-electron chi connectivity index (χ4n) is 2.62. The van der Waals surface area contributed by atoms with Crippen molar-refractivity contribution in [3.8, 4) is 5.75 Å². The minimum atomic E-state index is -3.07. The molecule has 0 bridgehead atoms. The van der Waals surface area contributed by atoms with Gasteiger partial charge >= 0.3 is 24.5 Å². The summed E-state index contributed by atoms with van der Waals surface area (Å²) in [6.07, 6.45) is 0. The van der Waals surface area contributed by atoms with Gasteiger partial charge in [-0.25, -0.2) is 14.4 Å². The molecule has 0 aliphatic rings. The van der Waals surface area contributed by atoms with Crippen LogP contribution in [0.1, 0.15) is 49.8 Å². The van der Waals surface area contributed by atoms with Crippen LogP contribution in [0.2, 0.25) is 0 Å². The largest absolute Gasteiger partial charge is 0.462 e. The van der Waals surface area contributed by atoms with Crippen molar-refractivity contribution in [3.63, 3.8) is 0 Å². The van der Waals surface area contributed by atoms with Crippen molar-refractivity contribution < 1.29 is 46.9 Å². The third-order valence-corrected chi connectivity index (χ3v) is 5.16. The molecule has 2 rings (SSSR count). The molecule has 2 aromatic rings. The lowest BCUT2D eigenvalue weighted by Crippen LogP contribution is -2.21. The Balaban J connectivity index is 2.12. The minimum absolute atomic E-state index is 0.0126. The van der Waals surface area contributed by atoms with Gasteiger partial charge in [0.05, 0.1) is 24.3 Å². The lowest BCUT2D eigenvalue weighted by Gasteiger charge is -2.09. The molecule has 0 atom stereocenters. The number of nitrogens with one attached hydrogen (secondary N) is 1. The molecule has 0 aliphatic carbocycles. The maximum Gasteiger partial charge on any atom is 0.387 e. The number of anilines is 1. The molecule has 1 amide bonds. The lowest BCUT2D eigenvalue weighted by molar-refractivity contribution is -0.119. The van der Waals surface area contributed by atoms with E-state index >= 15 is 0 Å². The zero-order valence-electron chi connectivity index (χ0n) is 17.9. The molecular weight excluding hydrogens is 464 g/mol. The second-order valence-corrected chi connectivity index (χ2v) is 7.25. The van der Waals surface area contributed by atoms with Crippen molar-refractivity contribution in [2.24, 2.45) is 0 Å². The van der Waals surface area contributed by atoms with E-state index in [0.717, 1.165) is 17.4 Å². The predicted molar refractivity (Wildman–Crippen MR) is 113 cm³/mol. The molecule has 1 aromatic heterocycles. The summed E-state index contributed by atoms with van der Waals surface area (Å²) in [5.74, 6) is -3.41. The Morgan fingerprint density at radius 3 is 2.30 bits per heavy atom. The highest BCUT2D eigenvalue weighted by atomic mass is 32.1. The smallest absolute Gasteiger partial charge is 0.387 e. The zero-order chi connectivity index (χ0) is 24.5. The molecule has 178 valence electrons. The molecule has 0 spiro atoms. The highest BCUT2D eigenvalue weighted by molar-refractivity contribution is 7.18. The van der Waals surface area contributed by atoms with Crippen LogP contribution in [0.3, 0.4) is 0 Å². The van der Waals surface area contributed by atoms with Crippen LogP contribution in [0.5, 0.6) is 5.75 Å². The van der Waals surface area contributed by atoms with Crippen molar-refractivity contribution >= 4 is 40.2 Å². The minimum Gasteiger partial charge on any atom is -0.462 e. The highest BCUT2D eigenvalue weighted by Crippen LogP contribution is 2.34. The summed E-state index contributed by atoms with van der Waals surface area (Å²) >= 11 is 0.820. The van der Waals surface area contributed by atoms with Crippen molar-refractivity contribution in [2.75, 3.05) is 25.1 Å². The molecule has 0 fully saturated rings. The first kappa shape index (κ1) is 25.7. The van der Waals surface area contributed by atoms with Crippen LogP contribution in [0.25, 0.3) is 0 Å². The van der Waals surface area contributed by atoms with Crippen molar-refractivity contribution in [2.45, 2.75) is 27.4 Å². The second-order valence-electron chi connectivity index (χ2n) is 6.23. The Labute approximate surface area is 191 Å². The van der Waals surface area contributed by atoms with E-state index < -0.39 is 37.0 Å². The van der Waals surface area contributed by atoms with E-state index in [2.05, 4.69) is 10.1 Å². The number of amides is 1. The molecule has 1 heterocycles. The van der Waals surface area contributed by atoms with E-state index in [1.54, 1.807) is 13.8 Å². The molecule has 1 N–H and O–H groups in total. The molecule has 0 saturated heterocycles. The van der Waals surface area contributed by atoms with Gasteiger partial charge < -0.3 is 24.3 Å². The van der Waals surface area contributed by atoms with Crippen LogP contribution in [0.4, 0.5) is 13.8 Å². The lowest BCUT2D eigenvalue weighted by atomic mass is 10.1. The normalized spacial score (nSPS) is 10.5. The van der Waals surface area contributed by atoms with Crippen LogP contribution in [0, 0.1) is 6.92 Å². The molecule has 0 saturated carbocycles. The fraction of sp³-hybridized carbons (Fsp3) is 0.333. The van der Waals surface area contributed by atoms with Gasteiger partial charge in [0.15, 0.2) is 6.61 Å². The van der Waals surface area contributed by atoms with Gasteiger partial charge in [0.2, 0.25) is 0 Å². The molecule has 0 aliphatic heterocycles. The number of ether oxygens (including phenoxy) is 4. The summed E-state index contributed by atoms with van der Waals surface area (Å²) in [5, 5.41) is 2.45. The van der Waals surface area contributed by atoms with E-state index in [4.69, 9.17) is 14.2 Å². The molecule has 0 radical (unpaired) electrons. The number of carbonyl (C=O) groups is 4. The summed E-state index contributed by atoms with van der Waals surface area (Å²) in [5.41, 5.74) is 0.159. The number of benzene rings is 1. The summed E-state index contributed by atoms with van der Waals surface area (Å²) in [7, 11) is 0. The van der Waals surface area contributed by atoms with Crippen LogP contribution in [0.15, 0.2) is 24.3 Å². The maximum atomic E-state index is 12.4. The fourth-order valence-corrected chi connectivity index (χ4v) is 3.72. The van der Waals surface area contributed by atoms with Crippen molar-refractivity contribution in [1.82, 2.24) is 0 Å². The average Bonchev–Trinajstić information content (AvgIpc) is 3.07. The number of hydrogen-bond acceptors (Lipinski definition) is 9. The van der Waals surface area contributed by atoms with E-state index in [1.807, 2.05) is 0 Å². The van der Waals surface area contributed by atoms with Gasteiger partial charge in [-0.15, -0.1) is 11.3 Å². The third-order valence-electron chi connectivity index (χ3n) is 3.97. The van der Waals surface area contributed by atoms with Crippen LogP contribution < -0.4 is 10.1 Å². The molecule has 12 heteroatoms. The number of esters is 3. The monoisotopic (exact) mass is 485 g/mol. The van der Waals surface area contributed by atoms with Gasteiger partial charge in [-0.3, -0.25) is 4.79 Å². The Morgan fingerprint density at radius 1 is 1.00 bits per heavy atom. The maximum absolute atomic E-state index is 12.4. The Bertz CT molecular complexity index is 1040. The standard InChI is InChI=1S/C21H21F2NO8S/c1-4-29-19(27)15-11(3)16(20(28)30-5-2)33-17(15)24-14(25)10-31-18(26)12-7-6-8-13(9-12)32-21(22)23/h6-9,21H,4-5,10H2,1-3H3,(H,24,25). The number of rotatable bonds is 10. The molecular formula is C21H21F2NO8S. The van der Waals surface area contributed by atoms with E-state index in [1.165, 1.54) is 25.1 Å². The zero-order valence-corrected chi connectivity index (χ0v) is 18.8. The summed E-state index contributed by atoms with van der Waals surface area (Å²) in [6, 6.07) is 4.88. The number of hydrogen-bond donors (Lipinski definition) is 1. The van der Waals surface area contributed by atoms with Gasteiger partial charge in [-0.1, -0.05) is 6.07 Å². The molecule has 33 heavy (non-hydrogen) atoms. The van der Waals surface area contributed by atoms with Crippen LogP contribution in [-0.2, 0) is 19.0 Å². The Kier molecular flexibility index (Phi) is 9.28. The predicted octanol–water partition coefficient (Wildman–Crippen LogP) is 3.81. The highest BCUT2D eigenvalue weighted by Gasteiger charge is 2.27. The molecule has 9 nitrogen and oxygen atoms in total. The quantitative estimate of drug-likeness (QED) is 0.399. The second kappa shape index (κ2) is 11.9. The molecule has 1 aromatic carbocycles. The summed E-state index contributed by atoms with van der Waals surface area (Å²) in [4.78, 5) is 49.1. The number of halogens is 2. The first-order valence-corrected chi connectivity index (χ1v) is 10.5. The van der Waals surface area contributed by atoms with Gasteiger partial charge in [0, 0.05) is 0 Å². The first-order valence-electron chi connectivity index (χ1n) is 9.67.